The third-order valence-corrected chi connectivity index (χ3v) is 3.68. The van der Waals surface area contributed by atoms with Crippen molar-refractivity contribution >= 4 is 0 Å². The largest absolute Gasteiger partial charge is 0.497 e. The van der Waals surface area contributed by atoms with Crippen LogP contribution >= 0.6 is 0 Å². The zero-order valence-corrected chi connectivity index (χ0v) is 12.8. The van der Waals surface area contributed by atoms with Crippen molar-refractivity contribution in [1.29, 1.82) is 0 Å². The minimum atomic E-state index is -0.266. The van der Waals surface area contributed by atoms with Crippen LogP contribution in [0.1, 0.15) is 25.0 Å². The number of aliphatic hydroxyl groups excluding tert-OH is 1. The Hall–Kier alpha value is -1.26. The van der Waals surface area contributed by atoms with Crippen molar-refractivity contribution in [2.24, 2.45) is 0 Å². The topological polar surface area (TPSA) is 41.9 Å². The second-order valence-electron chi connectivity index (χ2n) is 5.45. The molecule has 19 heavy (non-hydrogen) atoms. The van der Waals surface area contributed by atoms with Crippen molar-refractivity contribution in [3.05, 3.63) is 23.3 Å². The van der Waals surface area contributed by atoms with Crippen molar-refractivity contribution in [2.45, 2.75) is 32.9 Å². The van der Waals surface area contributed by atoms with Gasteiger partial charge in [0.1, 0.15) is 11.5 Å². The van der Waals surface area contributed by atoms with Gasteiger partial charge in [-0.05, 0) is 39.4 Å². The maximum Gasteiger partial charge on any atom is 0.127 e. The zero-order valence-electron chi connectivity index (χ0n) is 12.8. The van der Waals surface area contributed by atoms with E-state index in [1.165, 1.54) is 0 Å². The molecule has 0 aliphatic carbocycles. The quantitative estimate of drug-likeness (QED) is 0.858. The Morgan fingerprint density at radius 1 is 1.21 bits per heavy atom. The molecule has 108 valence electrons. The predicted molar refractivity (Wildman–Crippen MR) is 76.9 cm³/mol. The summed E-state index contributed by atoms with van der Waals surface area (Å²) in [6.07, 6.45) is 0. The molecule has 0 saturated heterocycles. The minimum absolute atomic E-state index is 0.112. The number of rotatable bonds is 6. The molecule has 0 saturated carbocycles. The monoisotopic (exact) mass is 267 g/mol. The highest BCUT2D eigenvalue weighted by Gasteiger charge is 2.24. The summed E-state index contributed by atoms with van der Waals surface area (Å²) in [5, 5.41) is 9.43. The number of hydrogen-bond acceptors (Lipinski definition) is 4. The molecule has 0 atom stereocenters. The Labute approximate surface area is 115 Å². The highest BCUT2D eigenvalue weighted by Crippen LogP contribution is 2.30. The average molecular weight is 267 g/mol. The van der Waals surface area contributed by atoms with Crippen molar-refractivity contribution in [2.75, 3.05) is 27.9 Å². The Kier molecular flexibility index (Phi) is 5.20. The van der Waals surface area contributed by atoms with Crippen molar-refractivity contribution in [1.82, 2.24) is 4.90 Å². The molecule has 0 heterocycles. The van der Waals surface area contributed by atoms with Crippen LogP contribution in [0.2, 0.25) is 0 Å². The Morgan fingerprint density at radius 2 is 1.84 bits per heavy atom. The number of benzene rings is 1. The fourth-order valence-corrected chi connectivity index (χ4v) is 1.83. The zero-order chi connectivity index (χ0) is 14.6. The van der Waals surface area contributed by atoms with Crippen molar-refractivity contribution in [3.63, 3.8) is 0 Å². The highest BCUT2D eigenvalue weighted by atomic mass is 16.5. The van der Waals surface area contributed by atoms with E-state index in [1.807, 2.05) is 40.0 Å². The molecule has 4 heteroatoms. The number of aryl methyl sites for hydroxylation is 1. The van der Waals surface area contributed by atoms with Crippen LogP contribution in [0.3, 0.4) is 0 Å². The van der Waals surface area contributed by atoms with Gasteiger partial charge >= 0.3 is 0 Å². The van der Waals surface area contributed by atoms with Gasteiger partial charge in [0.25, 0.3) is 0 Å². The van der Waals surface area contributed by atoms with Crippen LogP contribution in [-0.2, 0) is 6.54 Å². The lowest BCUT2D eigenvalue weighted by atomic mass is 10.0. The number of methoxy groups -OCH3 is 2. The molecule has 0 bridgehead atoms. The molecule has 1 rings (SSSR count). The Morgan fingerprint density at radius 3 is 2.32 bits per heavy atom. The average Bonchev–Trinajstić information content (AvgIpc) is 2.40. The predicted octanol–water partition coefficient (Wildman–Crippen LogP) is 2.21. The molecule has 1 N–H and O–H groups in total. The summed E-state index contributed by atoms with van der Waals surface area (Å²) in [5.74, 6) is 1.61. The molecule has 0 fully saturated rings. The van der Waals surface area contributed by atoms with Crippen LogP contribution in [0, 0.1) is 6.92 Å². The normalized spacial score (nSPS) is 11.8. The van der Waals surface area contributed by atoms with Crippen molar-refractivity contribution in [3.8, 4) is 11.5 Å². The van der Waals surface area contributed by atoms with Crippen LogP contribution in [0.4, 0.5) is 0 Å². The first-order chi connectivity index (χ1) is 8.85. The van der Waals surface area contributed by atoms with Gasteiger partial charge in [-0.1, -0.05) is 0 Å². The van der Waals surface area contributed by atoms with E-state index >= 15 is 0 Å². The highest BCUT2D eigenvalue weighted by molar-refractivity contribution is 5.46. The van der Waals surface area contributed by atoms with E-state index < -0.39 is 0 Å². The van der Waals surface area contributed by atoms with E-state index in [0.717, 1.165) is 22.6 Å². The van der Waals surface area contributed by atoms with E-state index in [4.69, 9.17) is 9.47 Å². The van der Waals surface area contributed by atoms with Gasteiger partial charge in [-0.15, -0.1) is 0 Å². The summed E-state index contributed by atoms with van der Waals surface area (Å²) >= 11 is 0. The van der Waals surface area contributed by atoms with E-state index in [0.29, 0.717) is 6.54 Å². The van der Waals surface area contributed by atoms with E-state index in [1.54, 1.807) is 14.2 Å². The molecule has 0 radical (unpaired) electrons. The summed E-state index contributed by atoms with van der Waals surface area (Å²) in [7, 11) is 5.31. The van der Waals surface area contributed by atoms with Gasteiger partial charge in [-0.25, -0.2) is 0 Å². The maximum absolute atomic E-state index is 9.43. The summed E-state index contributed by atoms with van der Waals surface area (Å²) in [5.41, 5.74) is 1.97. The molecule has 0 aliphatic heterocycles. The van der Waals surface area contributed by atoms with Crippen LogP contribution in [0.25, 0.3) is 0 Å². The summed E-state index contributed by atoms with van der Waals surface area (Å²) in [6.45, 7) is 6.89. The molecule has 0 spiro atoms. The van der Waals surface area contributed by atoms with Crippen LogP contribution in [-0.4, -0.2) is 43.4 Å². The van der Waals surface area contributed by atoms with Gasteiger partial charge in [0.15, 0.2) is 0 Å². The minimum Gasteiger partial charge on any atom is -0.497 e. The number of nitrogens with zero attached hydrogens (tertiary/aromatic N) is 1. The van der Waals surface area contributed by atoms with E-state index in [-0.39, 0.29) is 12.1 Å². The lowest BCUT2D eigenvalue weighted by molar-refractivity contribution is 0.0726. The summed E-state index contributed by atoms with van der Waals surface area (Å²) in [6, 6.07) is 3.89. The molecular formula is C15H25NO3. The standard InChI is InChI=1S/C15H25NO3/c1-11-7-12(18-5)8-14(19-6)13(11)9-16(4)15(2,3)10-17/h7-8,17H,9-10H2,1-6H3. The number of hydrogen-bond donors (Lipinski definition) is 1. The first kappa shape index (κ1) is 15.8. The molecule has 1 aromatic rings. The second kappa shape index (κ2) is 6.26. The molecule has 0 aliphatic rings. The molecule has 4 nitrogen and oxygen atoms in total. The lowest BCUT2D eigenvalue weighted by Gasteiger charge is -2.34. The second-order valence-corrected chi connectivity index (χ2v) is 5.45. The molecule has 0 amide bonds. The van der Waals surface area contributed by atoms with Crippen LogP contribution < -0.4 is 9.47 Å². The fraction of sp³-hybridized carbons (Fsp3) is 0.600. The van der Waals surface area contributed by atoms with E-state index in [9.17, 15) is 5.11 Å². The first-order valence-corrected chi connectivity index (χ1v) is 6.39. The third-order valence-electron chi connectivity index (χ3n) is 3.68. The van der Waals surface area contributed by atoms with E-state index in [2.05, 4.69) is 4.90 Å². The fourth-order valence-electron chi connectivity index (χ4n) is 1.83. The number of ether oxygens (including phenoxy) is 2. The maximum atomic E-state index is 9.43. The van der Waals surface area contributed by atoms with Gasteiger partial charge in [0, 0.05) is 23.7 Å². The number of aliphatic hydroxyl groups is 1. The smallest absolute Gasteiger partial charge is 0.127 e. The van der Waals surface area contributed by atoms with Crippen molar-refractivity contribution < 1.29 is 14.6 Å². The van der Waals surface area contributed by atoms with Crippen LogP contribution in [0.15, 0.2) is 12.1 Å². The SMILES string of the molecule is COc1cc(C)c(CN(C)C(C)(C)CO)c(OC)c1. The molecule has 0 unspecified atom stereocenters. The van der Waals surface area contributed by atoms with Gasteiger partial charge in [0.2, 0.25) is 0 Å². The summed E-state index contributed by atoms with van der Waals surface area (Å²) in [4.78, 5) is 2.12. The Bertz CT molecular complexity index is 430. The third kappa shape index (κ3) is 3.61. The van der Waals surface area contributed by atoms with Gasteiger partial charge in [-0.2, -0.15) is 0 Å². The molecular weight excluding hydrogens is 242 g/mol. The number of likely N-dealkylation sites (N-methyl/N-ethyl adjacent to an activating group) is 1. The first-order valence-electron chi connectivity index (χ1n) is 6.39. The summed E-state index contributed by atoms with van der Waals surface area (Å²) < 4.78 is 10.7. The Balaban J connectivity index is 3.07. The van der Waals surface area contributed by atoms with Gasteiger partial charge < -0.3 is 14.6 Å². The molecule has 1 aromatic carbocycles. The van der Waals surface area contributed by atoms with Gasteiger partial charge in [0.05, 0.1) is 20.8 Å². The van der Waals surface area contributed by atoms with Crippen LogP contribution in [0.5, 0.6) is 11.5 Å². The molecule has 0 aromatic heterocycles. The van der Waals surface area contributed by atoms with Gasteiger partial charge in [-0.3, -0.25) is 4.90 Å². The lowest BCUT2D eigenvalue weighted by Crippen LogP contribution is -2.43.